The summed E-state index contributed by atoms with van der Waals surface area (Å²) in [5, 5.41) is 14.2. The molecule has 39 heavy (non-hydrogen) atoms. The number of likely N-dealkylation sites (tertiary alicyclic amines) is 1. The molecule has 0 radical (unpaired) electrons. The molecule has 4 rings (SSSR count). The van der Waals surface area contributed by atoms with E-state index in [9.17, 15) is 23.3 Å². The monoisotopic (exact) mass is 552 g/mol. The highest BCUT2D eigenvalue weighted by atomic mass is 32.2. The summed E-state index contributed by atoms with van der Waals surface area (Å²) < 4.78 is 33.4. The summed E-state index contributed by atoms with van der Waals surface area (Å²) in [7, 11) is -2.83. The molecule has 1 aliphatic rings. The van der Waals surface area contributed by atoms with E-state index < -0.39 is 27.4 Å². The summed E-state index contributed by atoms with van der Waals surface area (Å²) in [5.74, 6) is -0.00292. The number of carbonyl (C=O) groups is 1. The Balaban J connectivity index is 1.51. The fourth-order valence-corrected chi connectivity index (χ4v) is 5.93. The molecule has 3 aromatic rings. The van der Waals surface area contributed by atoms with E-state index in [1.165, 1.54) is 56.7 Å². The van der Waals surface area contributed by atoms with Gasteiger partial charge in [-0.25, -0.2) is 8.42 Å². The topological polar surface area (TPSA) is 122 Å². The molecule has 1 amide bonds. The highest BCUT2D eigenvalue weighted by molar-refractivity contribution is 7.92. The Hall–Kier alpha value is -3.96. The van der Waals surface area contributed by atoms with Crippen molar-refractivity contribution in [1.29, 1.82) is 0 Å². The Morgan fingerprint density at radius 2 is 1.67 bits per heavy atom. The molecular formula is C28H32N4O6S. The molecule has 206 valence electrons. The maximum absolute atomic E-state index is 13.7. The number of ether oxygens (including phenoxy) is 1. The van der Waals surface area contributed by atoms with Gasteiger partial charge in [-0.1, -0.05) is 30.3 Å². The van der Waals surface area contributed by atoms with Crippen molar-refractivity contribution < 1.29 is 22.9 Å². The minimum absolute atomic E-state index is 0.223. The first-order chi connectivity index (χ1) is 18.7. The van der Waals surface area contributed by atoms with Crippen molar-refractivity contribution in [1.82, 2.24) is 10.2 Å². The maximum atomic E-state index is 13.7. The Bertz CT molecular complexity index is 1420. The second-order valence-corrected chi connectivity index (χ2v) is 11.4. The number of nitro benzene ring substituents is 1. The number of anilines is 1. The molecule has 1 N–H and O–H groups in total. The molecule has 0 atom stereocenters. The van der Waals surface area contributed by atoms with Gasteiger partial charge in [0, 0.05) is 24.7 Å². The lowest BCUT2D eigenvalue weighted by Gasteiger charge is -2.24. The van der Waals surface area contributed by atoms with Crippen LogP contribution in [0.25, 0.3) is 0 Å². The number of nitrogens with zero attached hydrogens (tertiary/aromatic N) is 3. The van der Waals surface area contributed by atoms with Crippen molar-refractivity contribution in [2.24, 2.45) is 0 Å². The second-order valence-electron chi connectivity index (χ2n) is 9.49. The van der Waals surface area contributed by atoms with Crippen LogP contribution in [0, 0.1) is 17.0 Å². The Kier molecular flexibility index (Phi) is 8.82. The van der Waals surface area contributed by atoms with Crippen molar-refractivity contribution in [3.05, 3.63) is 93.5 Å². The molecule has 0 aromatic heterocycles. The third-order valence-electron chi connectivity index (χ3n) is 6.73. The van der Waals surface area contributed by atoms with E-state index in [0.29, 0.717) is 11.3 Å². The first kappa shape index (κ1) is 28.1. The summed E-state index contributed by atoms with van der Waals surface area (Å²) in [6, 6.07) is 17.9. The lowest BCUT2D eigenvalue weighted by atomic mass is 10.1. The van der Waals surface area contributed by atoms with Crippen LogP contribution < -0.4 is 14.4 Å². The number of rotatable bonds is 11. The molecule has 1 aliphatic heterocycles. The fraction of sp³-hybridized carbons (Fsp3) is 0.321. The summed E-state index contributed by atoms with van der Waals surface area (Å²) >= 11 is 0. The first-order valence-corrected chi connectivity index (χ1v) is 14.1. The van der Waals surface area contributed by atoms with E-state index in [-0.39, 0.29) is 22.8 Å². The van der Waals surface area contributed by atoms with Gasteiger partial charge in [0.1, 0.15) is 12.3 Å². The molecule has 0 saturated carbocycles. The molecule has 0 spiro atoms. The molecule has 3 aromatic carbocycles. The average Bonchev–Trinajstić information content (AvgIpc) is 3.44. The molecule has 0 aliphatic carbocycles. The van der Waals surface area contributed by atoms with Crippen LogP contribution in [0.15, 0.2) is 71.6 Å². The lowest BCUT2D eigenvalue weighted by Crippen LogP contribution is -2.40. The fourth-order valence-electron chi connectivity index (χ4n) is 4.49. The number of hydrogen-bond acceptors (Lipinski definition) is 7. The minimum atomic E-state index is -4.32. The number of nitrogens with one attached hydrogen (secondary N) is 1. The van der Waals surface area contributed by atoms with Gasteiger partial charge in [0.15, 0.2) is 0 Å². The summed E-state index contributed by atoms with van der Waals surface area (Å²) in [6.45, 7) is 4.38. The summed E-state index contributed by atoms with van der Waals surface area (Å²) in [4.78, 5) is 25.9. The van der Waals surface area contributed by atoms with Crippen LogP contribution in [0.3, 0.4) is 0 Å². The van der Waals surface area contributed by atoms with E-state index >= 15 is 0 Å². The van der Waals surface area contributed by atoms with Gasteiger partial charge in [0.2, 0.25) is 5.91 Å². The van der Waals surface area contributed by atoms with Crippen molar-refractivity contribution in [3.8, 4) is 5.75 Å². The zero-order valence-corrected chi connectivity index (χ0v) is 22.8. The standard InChI is InChI=1S/C28H32N4O6S/c1-21-5-14-26(17-27(21)32(34)35)39(36,37)31(24-10-12-25(38-2)13-11-24)20-28(33)29-18-22-6-8-23(9-7-22)19-30-15-3-4-16-30/h5-14,17H,3-4,15-16,18-20H2,1-2H3,(H,29,33). The molecule has 10 nitrogen and oxygen atoms in total. The van der Waals surface area contributed by atoms with Crippen molar-refractivity contribution in [2.75, 3.05) is 31.0 Å². The molecule has 1 heterocycles. The molecule has 0 unspecified atom stereocenters. The van der Waals surface area contributed by atoms with Crippen molar-refractivity contribution >= 4 is 27.3 Å². The van der Waals surface area contributed by atoms with Crippen molar-refractivity contribution in [2.45, 2.75) is 37.8 Å². The number of sulfonamides is 1. The van der Waals surface area contributed by atoms with Crippen LogP contribution in [0.2, 0.25) is 0 Å². The summed E-state index contributed by atoms with van der Waals surface area (Å²) in [5.41, 5.74) is 2.33. The molecule has 11 heteroatoms. The van der Waals surface area contributed by atoms with Gasteiger partial charge in [-0.05, 0) is 74.3 Å². The smallest absolute Gasteiger partial charge is 0.273 e. The van der Waals surface area contributed by atoms with E-state index in [0.717, 1.165) is 35.6 Å². The van der Waals surface area contributed by atoms with Crippen LogP contribution >= 0.6 is 0 Å². The second kappa shape index (κ2) is 12.3. The van der Waals surface area contributed by atoms with E-state index in [1.54, 1.807) is 12.1 Å². The average molecular weight is 553 g/mol. The van der Waals surface area contributed by atoms with Crippen LogP contribution in [-0.2, 0) is 27.9 Å². The van der Waals surface area contributed by atoms with E-state index in [4.69, 9.17) is 4.74 Å². The number of methoxy groups -OCH3 is 1. The highest BCUT2D eigenvalue weighted by Gasteiger charge is 2.29. The first-order valence-electron chi connectivity index (χ1n) is 12.7. The zero-order chi connectivity index (χ0) is 28.0. The number of nitro groups is 1. The number of carbonyl (C=O) groups excluding carboxylic acids is 1. The number of aryl methyl sites for hydroxylation is 1. The van der Waals surface area contributed by atoms with Gasteiger partial charge in [-0.3, -0.25) is 24.1 Å². The number of amides is 1. The molecule has 1 saturated heterocycles. The predicted octanol–water partition coefficient (Wildman–Crippen LogP) is 4.02. The number of benzene rings is 3. The van der Waals surface area contributed by atoms with Crippen molar-refractivity contribution in [3.63, 3.8) is 0 Å². The van der Waals surface area contributed by atoms with Gasteiger partial charge < -0.3 is 10.1 Å². The van der Waals surface area contributed by atoms with Crippen LogP contribution in [-0.4, -0.2) is 50.9 Å². The maximum Gasteiger partial charge on any atom is 0.273 e. The van der Waals surface area contributed by atoms with Crippen LogP contribution in [0.1, 0.15) is 29.5 Å². The third-order valence-corrected chi connectivity index (χ3v) is 8.50. The Labute approximate surface area is 228 Å². The quantitative estimate of drug-likeness (QED) is 0.282. The largest absolute Gasteiger partial charge is 0.497 e. The van der Waals surface area contributed by atoms with Gasteiger partial charge in [0.05, 0.1) is 22.6 Å². The van der Waals surface area contributed by atoms with Gasteiger partial charge >= 0.3 is 0 Å². The third kappa shape index (κ3) is 6.92. The van der Waals surface area contributed by atoms with E-state index in [1.807, 2.05) is 24.3 Å². The minimum Gasteiger partial charge on any atom is -0.497 e. The molecular weight excluding hydrogens is 520 g/mol. The lowest BCUT2D eigenvalue weighted by molar-refractivity contribution is -0.385. The Morgan fingerprint density at radius 3 is 2.28 bits per heavy atom. The Morgan fingerprint density at radius 1 is 1.03 bits per heavy atom. The normalized spacial score (nSPS) is 13.7. The van der Waals surface area contributed by atoms with Gasteiger partial charge in [-0.15, -0.1) is 0 Å². The van der Waals surface area contributed by atoms with Crippen LogP contribution in [0.4, 0.5) is 11.4 Å². The van der Waals surface area contributed by atoms with Gasteiger partial charge in [-0.2, -0.15) is 0 Å². The molecule has 0 bridgehead atoms. The SMILES string of the molecule is COc1ccc(N(CC(=O)NCc2ccc(CN3CCCC3)cc2)S(=O)(=O)c2ccc(C)c([N+](=O)[O-])c2)cc1. The number of hydrogen-bond donors (Lipinski definition) is 1. The zero-order valence-electron chi connectivity index (χ0n) is 22.0. The predicted molar refractivity (Wildman–Crippen MR) is 148 cm³/mol. The molecule has 1 fully saturated rings. The summed E-state index contributed by atoms with van der Waals surface area (Å²) in [6.07, 6.45) is 2.46. The highest BCUT2D eigenvalue weighted by Crippen LogP contribution is 2.29. The van der Waals surface area contributed by atoms with E-state index in [2.05, 4.69) is 10.2 Å². The van der Waals surface area contributed by atoms with Gasteiger partial charge in [0.25, 0.3) is 15.7 Å². The van der Waals surface area contributed by atoms with Crippen LogP contribution in [0.5, 0.6) is 5.75 Å².